The van der Waals surface area contributed by atoms with Crippen molar-refractivity contribution in [2.75, 3.05) is 52.4 Å². The van der Waals surface area contributed by atoms with Crippen LogP contribution in [0.5, 0.6) is 17.2 Å². The number of carbonyl (C=O) groups excluding carboxylic acids is 1. The molecule has 5 rings (SSSR count). The predicted molar refractivity (Wildman–Crippen MR) is 142 cm³/mol. The Morgan fingerprint density at radius 2 is 1.75 bits per heavy atom. The highest BCUT2D eigenvalue weighted by atomic mass is 32.1. The van der Waals surface area contributed by atoms with Gasteiger partial charge < -0.3 is 24.0 Å². The van der Waals surface area contributed by atoms with Gasteiger partial charge in [0.1, 0.15) is 16.5 Å². The standard InChI is InChI=1S/C27H34N4O4S/c1-6-22-28-25(23-18-8-7-16(2)13-21(18)36-26(23)29-22)30-9-11-31(12-10-30)27(32)17-14-19(33-3)24(35-5)20(15-17)34-4/h14-16H,6-13H2,1-5H3/t16-/m0/s1. The molecule has 2 aliphatic rings. The van der Waals surface area contributed by atoms with Crippen LogP contribution in [0.3, 0.4) is 0 Å². The molecule has 1 aliphatic heterocycles. The van der Waals surface area contributed by atoms with E-state index in [1.54, 1.807) is 33.5 Å². The van der Waals surface area contributed by atoms with Crippen molar-refractivity contribution in [2.45, 2.75) is 39.5 Å². The Hall–Kier alpha value is -3.07. The molecule has 1 atom stereocenters. The monoisotopic (exact) mass is 510 g/mol. The van der Waals surface area contributed by atoms with Crippen molar-refractivity contribution in [1.29, 1.82) is 0 Å². The summed E-state index contributed by atoms with van der Waals surface area (Å²) in [4.78, 5) is 30.1. The lowest BCUT2D eigenvalue weighted by molar-refractivity contribution is 0.0745. The van der Waals surface area contributed by atoms with Crippen LogP contribution in [0.15, 0.2) is 12.1 Å². The van der Waals surface area contributed by atoms with E-state index >= 15 is 0 Å². The fraction of sp³-hybridized carbons (Fsp3) is 0.519. The molecule has 192 valence electrons. The molecule has 1 fully saturated rings. The van der Waals surface area contributed by atoms with Crippen molar-refractivity contribution in [3.8, 4) is 17.2 Å². The van der Waals surface area contributed by atoms with Gasteiger partial charge in [-0.15, -0.1) is 11.3 Å². The minimum absolute atomic E-state index is 0.0436. The smallest absolute Gasteiger partial charge is 0.254 e. The first-order valence-corrected chi connectivity index (χ1v) is 13.4. The van der Waals surface area contributed by atoms with Crippen LogP contribution in [-0.2, 0) is 19.3 Å². The van der Waals surface area contributed by atoms with Gasteiger partial charge in [0.2, 0.25) is 5.75 Å². The fourth-order valence-corrected chi connectivity index (χ4v) is 6.66. The van der Waals surface area contributed by atoms with Gasteiger partial charge in [0.15, 0.2) is 11.5 Å². The van der Waals surface area contributed by atoms with Crippen LogP contribution in [-0.4, -0.2) is 68.3 Å². The molecule has 1 saturated heterocycles. The lowest BCUT2D eigenvalue weighted by Crippen LogP contribution is -2.49. The van der Waals surface area contributed by atoms with Crippen molar-refractivity contribution in [3.05, 3.63) is 34.0 Å². The number of fused-ring (bicyclic) bond motifs is 3. The Bertz CT molecular complexity index is 1260. The van der Waals surface area contributed by atoms with Gasteiger partial charge in [-0.3, -0.25) is 4.79 Å². The van der Waals surface area contributed by atoms with Crippen LogP contribution in [0.4, 0.5) is 5.82 Å². The van der Waals surface area contributed by atoms with Gasteiger partial charge >= 0.3 is 0 Å². The Balaban J connectivity index is 1.40. The quantitative estimate of drug-likeness (QED) is 0.487. The average Bonchev–Trinajstić information content (AvgIpc) is 3.28. The van der Waals surface area contributed by atoms with Gasteiger partial charge in [0.05, 0.1) is 26.7 Å². The molecule has 0 radical (unpaired) electrons. The predicted octanol–water partition coefficient (Wildman–Crippen LogP) is 4.37. The summed E-state index contributed by atoms with van der Waals surface area (Å²) in [6, 6.07) is 3.44. The minimum atomic E-state index is -0.0436. The number of nitrogens with zero attached hydrogens (tertiary/aromatic N) is 4. The number of anilines is 1. The van der Waals surface area contributed by atoms with Crippen LogP contribution in [0, 0.1) is 5.92 Å². The molecule has 0 bridgehead atoms. The molecule has 3 heterocycles. The molecule has 0 spiro atoms. The molecule has 1 aromatic carbocycles. The molecule has 1 aliphatic carbocycles. The third-order valence-electron chi connectivity index (χ3n) is 7.28. The highest BCUT2D eigenvalue weighted by Gasteiger charge is 2.29. The third-order valence-corrected chi connectivity index (χ3v) is 8.42. The normalized spacial score (nSPS) is 17.8. The Kier molecular flexibility index (Phi) is 6.92. The van der Waals surface area contributed by atoms with E-state index < -0.39 is 0 Å². The van der Waals surface area contributed by atoms with Gasteiger partial charge in [-0.1, -0.05) is 13.8 Å². The lowest BCUT2D eigenvalue weighted by Gasteiger charge is -2.36. The number of benzene rings is 1. The molecule has 2 aromatic heterocycles. The molecule has 3 aromatic rings. The Morgan fingerprint density at radius 1 is 1.06 bits per heavy atom. The average molecular weight is 511 g/mol. The van der Waals surface area contributed by atoms with Gasteiger partial charge in [0, 0.05) is 43.0 Å². The van der Waals surface area contributed by atoms with Crippen molar-refractivity contribution in [2.24, 2.45) is 5.92 Å². The number of carbonyl (C=O) groups is 1. The number of methoxy groups -OCH3 is 3. The minimum Gasteiger partial charge on any atom is -0.493 e. The summed E-state index contributed by atoms with van der Waals surface area (Å²) < 4.78 is 16.3. The summed E-state index contributed by atoms with van der Waals surface area (Å²) in [5, 5.41) is 1.24. The number of hydrogen-bond donors (Lipinski definition) is 0. The maximum absolute atomic E-state index is 13.4. The number of aryl methyl sites for hydroxylation is 2. The van der Waals surface area contributed by atoms with Crippen molar-refractivity contribution >= 4 is 33.3 Å². The van der Waals surface area contributed by atoms with E-state index in [2.05, 4.69) is 18.7 Å². The van der Waals surface area contributed by atoms with E-state index in [-0.39, 0.29) is 5.91 Å². The molecule has 8 nitrogen and oxygen atoms in total. The van der Waals surface area contributed by atoms with E-state index in [0.717, 1.165) is 54.7 Å². The topological polar surface area (TPSA) is 77.0 Å². The number of amides is 1. The molecule has 9 heteroatoms. The van der Waals surface area contributed by atoms with E-state index in [9.17, 15) is 4.79 Å². The second-order valence-electron chi connectivity index (χ2n) is 9.54. The first-order valence-electron chi connectivity index (χ1n) is 12.6. The molecule has 0 saturated carbocycles. The van der Waals surface area contributed by atoms with E-state index in [1.807, 2.05) is 16.2 Å². The maximum atomic E-state index is 13.4. The molecule has 36 heavy (non-hydrogen) atoms. The zero-order valence-electron chi connectivity index (χ0n) is 21.7. The van der Waals surface area contributed by atoms with Crippen LogP contribution in [0.2, 0.25) is 0 Å². The highest BCUT2D eigenvalue weighted by molar-refractivity contribution is 7.19. The first-order chi connectivity index (χ1) is 17.5. The van der Waals surface area contributed by atoms with Crippen LogP contribution in [0.25, 0.3) is 10.2 Å². The summed E-state index contributed by atoms with van der Waals surface area (Å²) in [6.45, 7) is 7.13. The highest BCUT2D eigenvalue weighted by Crippen LogP contribution is 2.42. The number of aromatic nitrogens is 2. The van der Waals surface area contributed by atoms with E-state index in [1.165, 1.54) is 22.2 Å². The van der Waals surface area contributed by atoms with Crippen molar-refractivity contribution < 1.29 is 19.0 Å². The van der Waals surface area contributed by atoms with Crippen molar-refractivity contribution in [1.82, 2.24) is 14.9 Å². The number of piperazine rings is 1. The summed E-state index contributed by atoms with van der Waals surface area (Å²) in [6.07, 6.45) is 4.25. The number of rotatable bonds is 6. The van der Waals surface area contributed by atoms with Gasteiger partial charge in [-0.05, 0) is 42.9 Å². The largest absolute Gasteiger partial charge is 0.493 e. The second-order valence-corrected chi connectivity index (χ2v) is 10.6. The summed E-state index contributed by atoms with van der Waals surface area (Å²) in [7, 11) is 4.67. The van der Waals surface area contributed by atoms with Gasteiger partial charge in [-0.2, -0.15) is 0 Å². The molecular formula is C27H34N4O4S. The number of hydrogen-bond acceptors (Lipinski definition) is 8. The van der Waals surface area contributed by atoms with Gasteiger partial charge in [-0.25, -0.2) is 9.97 Å². The van der Waals surface area contributed by atoms with Crippen LogP contribution >= 0.6 is 11.3 Å². The molecule has 0 unspecified atom stereocenters. The maximum Gasteiger partial charge on any atom is 0.254 e. The van der Waals surface area contributed by atoms with Gasteiger partial charge in [0.25, 0.3) is 5.91 Å². The second kappa shape index (κ2) is 10.1. The number of thiophene rings is 1. The summed E-state index contributed by atoms with van der Waals surface area (Å²) in [5.41, 5.74) is 1.97. The fourth-order valence-electron chi connectivity index (χ4n) is 5.26. The summed E-state index contributed by atoms with van der Waals surface area (Å²) in [5.74, 6) is 4.05. The van der Waals surface area contributed by atoms with E-state index in [0.29, 0.717) is 35.9 Å². The van der Waals surface area contributed by atoms with Crippen LogP contribution in [0.1, 0.15) is 46.9 Å². The zero-order chi connectivity index (χ0) is 25.4. The summed E-state index contributed by atoms with van der Waals surface area (Å²) >= 11 is 1.85. The first kappa shape index (κ1) is 24.6. The lowest BCUT2D eigenvalue weighted by atomic mass is 9.89. The molecule has 0 N–H and O–H groups in total. The molecular weight excluding hydrogens is 476 g/mol. The SMILES string of the molecule is CCc1nc(N2CCN(C(=O)c3cc(OC)c(OC)c(OC)c3)CC2)c2c3c(sc2n1)C[C@@H](C)CC3. The van der Waals surface area contributed by atoms with Crippen LogP contribution < -0.4 is 19.1 Å². The zero-order valence-corrected chi connectivity index (χ0v) is 22.5. The molecule has 1 amide bonds. The Morgan fingerprint density at radius 3 is 2.36 bits per heavy atom. The van der Waals surface area contributed by atoms with Crippen molar-refractivity contribution in [3.63, 3.8) is 0 Å². The third kappa shape index (κ3) is 4.34. The Labute approximate surface area is 216 Å². The number of ether oxygens (including phenoxy) is 3. The van der Waals surface area contributed by atoms with E-state index in [4.69, 9.17) is 24.2 Å².